The first-order valence-corrected chi connectivity index (χ1v) is 7.64. The summed E-state index contributed by atoms with van der Waals surface area (Å²) in [6.45, 7) is 0.228. The molecule has 2 heterocycles. The van der Waals surface area contributed by atoms with E-state index in [2.05, 4.69) is 15.4 Å². The maximum Gasteiger partial charge on any atom is 0.419 e. The molecule has 0 atom stereocenters. The first-order chi connectivity index (χ1) is 11.4. The number of aromatic nitrogens is 3. The highest BCUT2D eigenvalue weighted by Crippen LogP contribution is 2.35. The van der Waals surface area contributed by atoms with E-state index in [0.717, 1.165) is 21.9 Å². The number of para-hydroxylation sites is 1. The Hall–Kier alpha value is -2.62. The van der Waals surface area contributed by atoms with Crippen LogP contribution in [0.25, 0.3) is 4.96 Å². The predicted molar refractivity (Wildman–Crippen MR) is 82.6 cm³/mol. The number of nitrogens with zero attached hydrogens (tertiary/aromatic N) is 3. The summed E-state index contributed by atoms with van der Waals surface area (Å²) in [6, 6.07) is 6.30. The van der Waals surface area contributed by atoms with Crippen LogP contribution in [0.3, 0.4) is 0 Å². The molecule has 6 nitrogen and oxygen atoms in total. The lowest BCUT2D eigenvalue weighted by molar-refractivity contribution is -0.138. The average molecular weight is 356 g/mol. The molecule has 1 aromatic carbocycles. The van der Waals surface area contributed by atoms with Crippen molar-refractivity contribution in [2.75, 3.05) is 18.5 Å². The van der Waals surface area contributed by atoms with Crippen LogP contribution in [0.5, 0.6) is 5.75 Å². The fraction of sp³-hybridized carbons (Fsp3) is 0.214. The summed E-state index contributed by atoms with van der Waals surface area (Å²) in [7, 11) is 0. The molecule has 0 fully saturated rings. The molecule has 126 valence electrons. The lowest BCUT2D eigenvalue weighted by Crippen LogP contribution is -2.15. The van der Waals surface area contributed by atoms with Crippen LogP contribution in [0.2, 0.25) is 0 Å². The fourth-order valence-electron chi connectivity index (χ4n) is 1.96. The molecule has 3 aromatic rings. The van der Waals surface area contributed by atoms with Gasteiger partial charge in [0, 0.05) is 12.3 Å². The Bertz CT molecular complexity index is 907. The van der Waals surface area contributed by atoms with Crippen molar-refractivity contribution in [3.63, 3.8) is 0 Å². The van der Waals surface area contributed by atoms with Crippen LogP contribution in [0, 0.1) is 0 Å². The van der Waals surface area contributed by atoms with Crippen LogP contribution in [0.15, 0.2) is 41.3 Å². The van der Waals surface area contributed by atoms with E-state index in [-0.39, 0.29) is 24.5 Å². The average Bonchev–Trinajstić information content (AvgIpc) is 2.95. The molecule has 0 radical (unpaired) electrons. The maximum absolute atomic E-state index is 12.8. The minimum atomic E-state index is -4.47. The van der Waals surface area contributed by atoms with Crippen LogP contribution in [0.4, 0.5) is 18.3 Å². The van der Waals surface area contributed by atoms with Crippen molar-refractivity contribution in [3.05, 3.63) is 52.4 Å². The molecule has 0 saturated heterocycles. The molecule has 2 aromatic heterocycles. The van der Waals surface area contributed by atoms with Gasteiger partial charge in [-0.2, -0.15) is 17.7 Å². The Morgan fingerprint density at radius 1 is 1.25 bits per heavy atom. The summed E-state index contributed by atoms with van der Waals surface area (Å²) in [5.74, 6) is -0.228. The van der Waals surface area contributed by atoms with E-state index < -0.39 is 11.7 Å². The highest BCUT2D eigenvalue weighted by atomic mass is 32.1. The molecule has 3 rings (SSSR count). The van der Waals surface area contributed by atoms with E-state index in [1.54, 1.807) is 0 Å². The monoisotopic (exact) mass is 356 g/mol. The largest absolute Gasteiger partial charge is 0.491 e. The lowest BCUT2D eigenvalue weighted by atomic mass is 10.2. The maximum atomic E-state index is 12.8. The number of ether oxygens (including phenoxy) is 1. The van der Waals surface area contributed by atoms with Crippen LogP contribution < -0.4 is 15.6 Å². The van der Waals surface area contributed by atoms with Crippen molar-refractivity contribution in [1.82, 2.24) is 14.6 Å². The Kier molecular flexibility index (Phi) is 4.38. The predicted octanol–water partition coefficient (Wildman–Crippen LogP) is 2.66. The first-order valence-electron chi connectivity index (χ1n) is 6.83. The minimum Gasteiger partial charge on any atom is -0.491 e. The highest BCUT2D eigenvalue weighted by Gasteiger charge is 2.33. The van der Waals surface area contributed by atoms with Gasteiger partial charge in [-0.05, 0) is 12.1 Å². The molecular weight excluding hydrogens is 345 g/mol. The molecule has 0 spiro atoms. The molecule has 10 heteroatoms. The van der Waals surface area contributed by atoms with Gasteiger partial charge in [0.1, 0.15) is 12.4 Å². The summed E-state index contributed by atoms with van der Waals surface area (Å²) in [6.07, 6.45) is -3.08. The third-order valence-corrected chi connectivity index (χ3v) is 3.88. The van der Waals surface area contributed by atoms with Crippen LogP contribution >= 0.6 is 11.3 Å². The second-order valence-corrected chi connectivity index (χ2v) is 5.61. The van der Waals surface area contributed by atoms with Crippen molar-refractivity contribution in [2.24, 2.45) is 0 Å². The number of hydrogen-bond acceptors (Lipinski definition) is 6. The van der Waals surface area contributed by atoms with Gasteiger partial charge in [0.2, 0.25) is 10.1 Å². The van der Waals surface area contributed by atoms with Gasteiger partial charge < -0.3 is 10.1 Å². The third-order valence-electron chi connectivity index (χ3n) is 3.00. The highest BCUT2D eigenvalue weighted by molar-refractivity contribution is 7.20. The molecule has 0 unspecified atom stereocenters. The molecule has 1 N–H and O–H groups in total. The second kappa shape index (κ2) is 6.48. The van der Waals surface area contributed by atoms with Gasteiger partial charge in [-0.25, -0.2) is 4.98 Å². The Labute approximate surface area is 137 Å². The number of alkyl halides is 3. The van der Waals surface area contributed by atoms with Gasteiger partial charge in [-0.15, -0.1) is 5.10 Å². The number of rotatable bonds is 5. The van der Waals surface area contributed by atoms with Crippen LogP contribution in [-0.4, -0.2) is 27.7 Å². The van der Waals surface area contributed by atoms with E-state index in [1.165, 1.54) is 30.5 Å². The molecule has 0 aliphatic carbocycles. The molecule has 0 bridgehead atoms. The fourth-order valence-corrected chi connectivity index (χ4v) is 2.76. The van der Waals surface area contributed by atoms with Gasteiger partial charge in [0.25, 0.3) is 5.56 Å². The van der Waals surface area contributed by atoms with Gasteiger partial charge in [-0.1, -0.05) is 23.5 Å². The van der Waals surface area contributed by atoms with Gasteiger partial charge in [0.05, 0.1) is 12.1 Å². The summed E-state index contributed by atoms with van der Waals surface area (Å²) < 4.78 is 44.8. The topological polar surface area (TPSA) is 68.5 Å². The van der Waals surface area contributed by atoms with Gasteiger partial charge in [-0.3, -0.25) is 4.79 Å². The van der Waals surface area contributed by atoms with Crippen molar-refractivity contribution in [3.8, 4) is 5.75 Å². The summed E-state index contributed by atoms with van der Waals surface area (Å²) >= 11 is 1.16. The van der Waals surface area contributed by atoms with Crippen molar-refractivity contribution in [2.45, 2.75) is 6.18 Å². The lowest BCUT2D eigenvalue weighted by Gasteiger charge is -2.13. The van der Waals surface area contributed by atoms with Gasteiger partial charge >= 0.3 is 6.18 Å². The number of halogens is 3. The zero-order chi connectivity index (χ0) is 17.2. The van der Waals surface area contributed by atoms with Crippen molar-refractivity contribution in [1.29, 1.82) is 0 Å². The minimum absolute atomic E-state index is 0.00530. The van der Waals surface area contributed by atoms with E-state index in [9.17, 15) is 18.0 Å². The zero-order valence-electron chi connectivity index (χ0n) is 12.1. The smallest absolute Gasteiger partial charge is 0.419 e. The Balaban J connectivity index is 1.61. The summed E-state index contributed by atoms with van der Waals surface area (Å²) in [5.41, 5.74) is -1.12. The Morgan fingerprint density at radius 3 is 2.79 bits per heavy atom. The summed E-state index contributed by atoms with van der Waals surface area (Å²) in [5, 5.41) is 7.35. The molecule has 0 saturated carbocycles. The van der Waals surface area contributed by atoms with Crippen molar-refractivity contribution < 1.29 is 17.9 Å². The van der Waals surface area contributed by atoms with Gasteiger partial charge in [0.15, 0.2) is 0 Å². The molecule has 0 amide bonds. The van der Waals surface area contributed by atoms with E-state index >= 15 is 0 Å². The van der Waals surface area contributed by atoms with E-state index in [1.807, 2.05) is 0 Å². The number of benzene rings is 1. The number of anilines is 1. The SMILES string of the molecule is O=c1ccnc2sc(NCCOc3ccccc3C(F)(F)F)nn12. The van der Waals surface area contributed by atoms with Crippen LogP contribution in [-0.2, 0) is 6.18 Å². The summed E-state index contributed by atoms with van der Waals surface area (Å²) in [4.78, 5) is 16.0. The third kappa shape index (κ3) is 3.48. The first kappa shape index (κ1) is 16.2. The Morgan fingerprint density at radius 2 is 2.04 bits per heavy atom. The quantitative estimate of drug-likeness (QED) is 0.712. The molecule has 0 aliphatic heterocycles. The molecule has 0 aliphatic rings. The normalized spacial score (nSPS) is 11.6. The number of hydrogen-bond donors (Lipinski definition) is 1. The number of fused-ring (bicyclic) bond motifs is 1. The number of nitrogens with one attached hydrogen (secondary N) is 1. The standard InChI is InChI=1S/C14H11F3N4O2S/c15-14(16,17)9-3-1-2-4-10(9)23-8-7-18-12-20-21-11(22)5-6-19-13(21)24-12/h1-6H,7-8H2,(H,18,20). The zero-order valence-corrected chi connectivity index (χ0v) is 12.9. The van der Waals surface area contributed by atoms with Crippen LogP contribution in [0.1, 0.15) is 5.56 Å². The van der Waals surface area contributed by atoms with Crippen molar-refractivity contribution >= 4 is 21.4 Å². The molecule has 24 heavy (non-hydrogen) atoms. The van der Waals surface area contributed by atoms with E-state index in [4.69, 9.17) is 4.74 Å². The second-order valence-electron chi connectivity index (χ2n) is 4.65. The molecular formula is C14H11F3N4O2S. The van der Waals surface area contributed by atoms with E-state index in [0.29, 0.717) is 10.1 Å².